The van der Waals surface area contributed by atoms with Crippen molar-refractivity contribution in [3.8, 4) is 11.5 Å². The Hall–Kier alpha value is -1.63. The van der Waals surface area contributed by atoms with E-state index in [0.29, 0.717) is 17.1 Å². The normalized spacial score (nSPS) is 11.0. The molecule has 3 aromatic rings. The summed E-state index contributed by atoms with van der Waals surface area (Å²) >= 11 is 8.71. The van der Waals surface area contributed by atoms with E-state index in [0.717, 1.165) is 26.8 Å². The van der Waals surface area contributed by atoms with Crippen molar-refractivity contribution in [2.75, 3.05) is 7.11 Å². The second-order valence-corrected chi connectivity index (χ2v) is 5.69. The molecule has 0 fully saturated rings. The molecule has 0 radical (unpaired) electrons. The lowest BCUT2D eigenvalue weighted by Crippen LogP contribution is -2.01. The topological polar surface area (TPSA) is 50.8 Å². The Balaban J connectivity index is 2.15. The maximum Gasteiger partial charge on any atom is 0.157 e. The molecule has 3 rings (SSSR count). The molecule has 2 heterocycles. The molecule has 21 heavy (non-hydrogen) atoms. The highest BCUT2D eigenvalue weighted by Crippen LogP contribution is 2.22. The van der Waals surface area contributed by atoms with Crippen LogP contribution in [-0.2, 0) is 11.3 Å². The van der Waals surface area contributed by atoms with Crippen molar-refractivity contribution in [3.63, 3.8) is 0 Å². The van der Waals surface area contributed by atoms with Gasteiger partial charge in [0.1, 0.15) is 10.3 Å². The molecule has 0 amide bonds. The number of H-pyrrole nitrogens is 1. The molecule has 106 valence electrons. The summed E-state index contributed by atoms with van der Waals surface area (Å²) in [6, 6.07) is 11.9. The van der Waals surface area contributed by atoms with Gasteiger partial charge in [0.25, 0.3) is 0 Å². The molecule has 0 saturated carbocycles. The standard InChI is InChI=1S/C15H12BrN3OS/c1-20-8-12-13(16)15(21)19-14(18-12)11-7-6-9-4-2-3-5-10(9)17-11/h2-7H,8H2,1H3,(H,18,19,21). The summed E-state index contributed by atoms with van der Waals surface area (Å²) < 4.78 is 6.41. The summed E-state index contributed by atoms with van der Waals surface area (Å²) in [5.74, 6) is 0.640. The quantitative estimate of drug-likeness (QED) is 0.708. The molecule has 1 aromatic carbocycles. The predicted molar refractivity (Wildman–Crippen MR) is 88.6 cm³/mol. The van der Waals surface area contributed by atoms with Crippen LogP contribution in [0.25, 0.3) is 22.4 Å². The number of ether oxygens (including phenoxy) is 1. The first-order chi connectivity index (χ1) is 10.2. The van der Waals surface area contributed by atoms with E-state index in [1.165, 1.54) is 0 Å². The fourth-order valence-corrected chi connectivity index (χ4v) is 2.59. The van der Waals surface area contributed by atoms with Crippen LogP contribution in [0.3, 0.4) is 0 Å². The van der Waals surface area contributed by atoms with Crippen molar-refractivity contribution in [2.24, 2.45) is 0 Å². The number of para-hydroxylation sites is 1. The molecule has 2 aromatic heterocycles. The number of fused-ring (bicyclic) bond motifs is 1. The van der Waals surface area contributed by atoms with Crippen LogP contribution in [0.2, 0.25) is 0 Å². The lowest BCUT2D eigenvalue weighted by atomic mass is 10.2. The number of halogens is 1. The van der Waals surface area contributed by atoms with Crippen LogP contribution in [0.4, 0.5) is 0 Å². The van der Waals surface area contributed by atoms with E-state index >= 15 is 0 Å². The second kappa shape index (κ2) is 6.01. The maximum absolute atomic E-state index is 5.28. The summed E-state index contributed by atoms with van der Waals surface area (Å²) in [6.45, 7) is 0.424. The molecule has 0 saturated heterocycles. The minimum absolute atomic E-state index is 0.424. The van der Waals surface area contributed by atoms with Crippen molar-refractivity contribution in [3.05, 3.63) is 51.2 Å². The molecule has 4 nitrogen and oxygen atoms in total. The van der Waals surface area contributed by atoms with Gasteiger partial charge in [0.2, 0.25) is 0 Å². The van der Waals surface area contributed by atoms with E-state index in [4.69, 9.17) is 17.0 Å². The molecule has 1 N–H and O–H groups in total. The zero-order chi connectivity index (χ0) is 14.8. The second-order valence-electron chi connectivity index (χ2n) is 4.51. The molecule has 0 atom stereocenters. The Morgan fingerprint density at radius 2 is 2.00 bits per heavy atom. The van der Waals surface area contributed by atoms with Gasteiger partial charge in [0, 0.05) is 12.5 Å². The smallest absolute Gasteiger partial charge is 0.157 e. The van der Waals surface area contributed by atoms with Gasteiger partial charge in [-0.2, -0.15) is 0 Å². The lowest BCUT2D eigenvalue weighted by molar-refractivity contribution is 0.181. The highest BCUT2D eigenvalue weighted by Gasteiger charge is 2.09. The predicted octanol–water partition coefficient (Wildman–Crippen LogP) is 4.26. The molecule has 0 unspecified atom stereocenters. The Kier molecular flexibility index (Phi) is 4.10. The number of aromatic amines is 1. The van der Waals surface area contributed by atoms with Crippen LogP contribution < -0.4 is 0 Å². The molecule has 0 aliphatic heterocycles. The summed E-state index contributed by atoms with van der Waals surface area (Å²) in [6.07, 6.45) is 0. The monoisotopic (exact) mass is 361 g/mol. The number of pyridine rings is 1. The number of hydrogen-bond acceptors (Lipinski definition) is 4. The van der Waals surface area contributed by atoms with Crippen molar-refractivity contribution in [2.45, 2.75) is 6.61 Å². The Bertz CT molecular complexity index is 863. The first-order valence-electron chi connectivity index (χ1n) is 6.33. The fraction of sp³-hybridized carbons (Fsp3) is 0.133. The third-order valence-corrected chi connectivity index (χ3v) is 4.48. The van der Waals surface area contributed by atoms with Gasteiger partial charge in [-0.3, -0.25) is 0 Å². The average molecular weight is 362 g/mol. The largest absolute Gasteiger partial charge is 0.378 e. The van der Waals surface area contributed by atoms with Gasteiger partial charge in [-0.25, -0.2) is 9.97 Å². The number of nitrogens with zero attached hydrogens (tertiary/aromatic N) is 2. The van der Waals surface area contributed by atoms with Crippen LogP contribution in [0.1, 0.15) is 5.69 Å². The first-order valence-corrected chi connectivity index (χ1v) is 7.53. The van der Waals surface area contributed by atoms with E-state index in [1.54, 1.807) is 7.11 Å². The third-order valence-electron chi connectivity index (χ3n) is 3.07. The van der Waals surface area contributed by atoms with Gasteiger partial charge < -0.3 is 9.72 Å². The van der Waals surface area contributed by atoms with Crippen molar-refractivity contribution in [1.29, 1.82) is 0 Å². The zero-order valence-electron chi connectivity index (χ0n) is 11.3. The Morgan fingerprint density at radius 3 is 2.81 bits per heavy atom. The highest BCUT2D eigenvalue weighted by molar-refractivity contribution is 9.10. The first kappa shape index (κ1) is 14.3. The van der Waals surface area contributed by atoms with Gasteiger partial charge in [0.15, 0.2) is 5.82 Å². The summed E-state index contributed by atoms with van der Waals surface area (Å²) in [7, 11) is 1.64. The average Bonchev–Trinajstić information content (AvgIpc) is 2.51. The fourth-order valence-electron chi connectivity index (χ4n) is 2.07. The highest BCUT2D eigenvalue weighted by atomic mass is 79.9. The van der Waals surface area contributed by atoms with Crippen LogP contribution in [0, 0.1) is 4.64 Å². The van der Waals surface area contributed by atoms with Gasteiger partial charge in [-0.05, 0) is 28.1 Å². The van der Waals surface area contributed by atoms with E-state index in [9.17, 15) is 0 Å². The molecule has 0 aliphatic rings. The summed E-state index contributed by atoms with van der Waals surface area (Å²) in [5.41, 5.74) is 2.53. The minimum atomic E-state index is 0.424. The number of nitrogens with one attached hydrogen (secondary N) is 1. The summed E-state index contributed by atoms with van der Waals surface area (Å²) in [5, 5.41) is 1.09. The van der Waals surface area contributed by atoms with E-state index in [-0.39, 0.29) is 0 Å². The number of benzene rings is 1. The summed E-state index contributed by atoms with van der Waals surface area (Å²) in [4.78, 5) is 12.2. The van der Waals surface area contributed by atoms with Crippen molar-refractivity contribution >= 4 is 39.1 Å². The van der Waals surface area contributed by atoms with Gasteiger partial charge in [-0.1, -0.05) is 36.5 Å². The van der Waals surface area contributed by atoms with Crippen LogP contribution in [-0.4, -0.2) is 22.1 Å². The molecular formula is C15H12BrN3OS. The number of hydrogen-bond donors (Lipinski definition) is 1. The SMILES string of the molecule is COCc1[nH]c(-c2ccc3ccccc3n2)nc(=S)c1Br. The lowest BCUT2D eigenvalue weighted by Gasteiger charge is -2.08. The Morgan fingerprint density at radius 1 is 1.19 bits per heavy atom. The molecule has 0 bridgehead atoms. The number of methoxy groups -OCH3 is 1. The minimum Gasteiger partial charge on any atom is -0.378 e. The van der Waals surface area contributed by atoms with Gasteiger partial charge in [-0.15, -0.1) is 0 Å². The number of aromatic nitrogens is 3. The third kappa shape index (κ3) is 2.88. The maximum atomic E-state index is 5.28. The molecule has 0 spiro atoms. The van der Waals surface area contributed by atoms with Crippen LogP contribution in [0.5, 0.6) is 0 Å². The van der Waals surface area contributed by atoms with Gasteiger partial charge >= 0.3 is 0 Å². The van der Waals surface area contributed by atoms with Crippen LogP contribution in [0.15, 0.2) is 40.9 Å². The molecule has 6 heteroatoms. The molecular weight excluding hydrogens is 350 g/mol. The van der Waals surface area contributed by atoms with E-state index < -0.39 is 0 Å². The van der Waals surface area contributed by atoms with Crippen molar-refractivity contribution < 1.29 is 4.74 Å². The number of rotatable bonds is 3. The van der Waals surface area contributed by atoms with E-state index in [2.05, 4.69) is 30.9 Å². The zero-order valence-corrected chi connectivity index (χ0v) is 13.7. The van der Waals surface area contributed by atoms with Gasteiger partial charge in [0.05, 0.1) is 22.3 Å². The molecule has 0 aliphatic carbocycles. The van der Waals surface area contributed by atoms with Crippen molar-refractivity contribution in [1.82, 2.24) is 15.0 Å². The Labute approximate surface area is 135 Å². The van der Waals surface area contributed by atoms with Crippen LogP contribution >= 0.6 is 28.1 Å². The van der Waals surface area contributed by atoms with E-state index in [1.807, 2.05) is 36.4 Å².